The van der Waals surface area contributed by atoms with Crippen molar-refractivity contribution in [3.8, 4) is 5.75 Å². The van der Waals surface area contributed by atoms with Crippen LogP contribution < -0.4 is 15.4 Å². The number of aryl methyl sites for hydroxylation is 1. The van der Waals surface area contributed by atoms with Crippen molar-refractivity contribution in [3.63, 3.8) is 0 Å². The van der Waals surface area contributed by atoms with E-state index in [1.54, 1.807) is 38.1 Å². The first-order valence-corrected chi connectivity index (χ1v) is 9.87. The van der Waals surface area contributed by atoms with Gasteiger partial charge in [-0.25, -0.2) is 4.99 Å². The number of aliphatic imine (C=N–C) groups is 1. The second-order valence-corrected chi connectivity index (χ2v) is 7.45. The first-order valence-electron chi connectivity index (χ1n) is 9.87. The van der Waals surface area contributed by atoms with Gasteiger partial charge in [-0.1, -0.05) is 12.1 Å². The molecule has 1 atom stereocenters. The van der Waals surface area contributed by atoms with Gasteiger partial charge in [0, 0.05) is 39.4 Å². The number of amides is 1. The van der Waals surface area contributed by atoms with E-state index in [2.05, 4.69) is 20.7 Å². The smallest absolute Gasteiger partial charge is 0.259 e. The average Bonchev–Trinajstić information content (AvgIpc) is 3.16. The number of hydrogen-bond acceptors (Lipinski definition) is 5. The van der Waals surface area contributed by atoms with E-state index in [4.69, 9.17) is 4.74 Å². The molecule has 31 heavy (non-hydrogen) atoms. The number of nitrogens with zero attached hydrogens (tertiary/aromatic N) is 4. The number of ether oxygens (including phenoxy) is 1. The summed E-state index contributed by atoms with van der Waals surface area (Å²) in [5, 5.41) is 21.2. The fourth-order valence-electron chi connectivity index (χ4n) is 2.58. The van der Waals surface area contributed by atoms with Gasteiger partial charge in [-0.3, -0.25) is 9.48 Å². The molecule has 0 radical (unpaired) electrons. The molecule has 1 amide bonds. The van der Waals surface area contributed by atoms with Gasteiger partial charge >= 0.3 is 0 Å². The molecule has 0 saturated heterocycles. The Morgan fingerprint density at radius 3 is 2.71 bits per heavy atom. The number of nitrogens with one attached hydrogen (secondary N) is 2. The number of aromatic nitrogens is 2. The first kappa shape index (κ1) is 26.7. The number of hydrogen-bond donors (Lipinski definition) is 3. The van der Waals surface area contributed by atoms with Gasteiger partial charge in [-0.15, -0.1) is 24.0 Å². The Labute approximate surface area is 200 Å². The van der Waals surface area contributed by atoms with Gasteiger partial charge in [0.1, 0.15) is 11.4 Å². The van der Waals surface area contributed by atoms with Crippen molar-refractivity contribution >= 4 is 35.8 Å². The predicted molar refractivity (Wildman–Crippen MR) is 132 cm³/mol. The number of halogens is 1. The lowest BCUT2D eigenvalue weighted by atomic mass is 10.00. The van der Waals surface area contributed by atoms with Crippen molar-refractivity contribution in [1.82, 2.24) is 25.3 Å². The molecule has 1 aromatic heterocycles. The third-order valence-electron chi connectivity index (χ3n) is 4.45. The number of carbonyl (C=O) groups is 1. The van der Waals surface area contributed by atoms with Crippen molar-refractivity contribution in [1.29, 1.82) is 0 Å². The van der Waals surface area contributed by atoms with Crippen molar-refractivity contribution in [3.05, 3.63) is 47.8 Å². The molecule has 0 aliphatic rings. The van der Waals surface area contributed by atoms with Crippen molar-refractivity contribution < 1.29 is 14.6 Å². The van der Waals surface area contributed by atoms with Gasteiger partial charge in [0.15, 0.2) is 12.6 Å². The third-order valence-corrected chi connectivity index (χ3v) is 4.45. The van der Waals surface area contributed by atoms with E-state index < -0.39 is 5.60 Å². The molecule has 3 N–H and O–H groups in total. The van der Waals surface area contributed by atoms with E-state index in [1.165, 1.54) is 4.90 Å². The Morgan fingerprint density at radius 1 is 1.35 bits per heavy atom. The van der Waals surface area contributed by atoms with Crippen molar-refractivity contribution in [2.45, 2.75) is 26.0 Å². The first-order chi connectivity index (χ1) is 14.2. The molecule has 0 fully saturated rings. The Balaban J connectivity index is 0.00000480. The number of aliphatic hydroxyl groups is 1. The molecule has 0 spiro atoms. The monoisotopic (exact) mass is 544 g/mol. The molecule has 1 aromatic carbocycles. The summed E-state index contributed by atoms with van der Waals surface area (Å²) in [4.78, 5) is 17.8. The topological polar surface area (TPSA) is 104 Å². The lowest BCUT2D eigenvalue weighted by Crippen LogP contribution is -2.44. The van der Waals surface area contributed by atoms with Gasteiger partial charge in [-0.2, -0.15) is 5.10 Å². The zero-order valence-corrected chi connectivity index (χ0v) is 21.1. The maximum absolute atomic E-state index is 11.7. The van der Waals surface area contributed by atoms with E-state index in [9.17, 15) is 9.90 Å². The fourth-order valence-corrected chi connectivity index (χ4v) is 2.58. The summed E-state index contributed by atoms with van der Waals surface area (Å²) < 4.78 is 7.21. The highest BCUT2D eigenvalue weighted by Gasteiger charge is 2.25. The van der Waals surface area contributed by atoms with Crippen molar-refractivity contribution in [2.75, 3.05) is 33.8 Å². The number of carbonyl (C=O) groups excluding carboxylic acids is 1. The quantitative estimate of drug-likeness (QED) is 0.251. The molecule has 1 unspecified atom stereocenters. The standard InChI is InChI=1S/C21H32N6O3.HI/c1-6-22-20(24-15-21(2,29)17-12-25-27(5)13-17)23-11-16-8-7-9-18(10-16)30-14-19(28)26(3)4;/h7-10,12-13,29H,6,11,14-15H2,1-5H3,(H2,22,23,24);1H. The third kappa shape index (κ3) is 8.74. The van der Waals surface area contributed by atoms with Crippen LogP contribution in [0.4, 0.5) is 0 Å². The van der Waals surface area contributed by atoms with Gasteiger partial charge in [-0.05, 0) is 31.5 Å². The molecule has 9 nitrogen and oxygen atoms in total. The molecular weight excluding hydrogens is 511 g/mol. The fraction of sp³-hybridized carbons (Fsp3) is 0.476. The Morgan fingerprint density at radius 2 is 2.10 bits per heavy atom. The summed E-state index contributed by atoms with van der Waals surface area (Å²) in [5.74, 6) is 1.11. The van der Waals surface area contributed by atoms with Gasteiger partial charge in [0.05, 0.1) is 19.3 Å². The van der Waals surface area contributed by atoms with E-state index >= 15 is 0 Å². The highest BCUT2D eigenvalue weighted by Crippen LogP contribution is 2.18. The molecule has 172 valence electrons. The predicted octanol–water partition coefficient (Wildman–Crippen LogP) is 1.47. The SMILES string of the molecule is CCNC(=NCc1cccc(OCC(=O)N(C)C)c1)NCC(C)(O)c1cnn(C)c1.I. The van der Waals surface area contributed by atoms with Gasteiger partial charge in [0.2, 0.25) is 0 Å². The molecule has 0 bridgehead atoms. The molecule has 0 aliphatic carbocycles. The van der Waals surface area contributed by atoms with Crippen LogP contribution in [-0.2, 0) is 24.0 Å². The molecule has 0 aliphatic heterocycles. The molecular formula is C21H33IN6O3. The van der Waals surface area contributed by atoms with Crippen LogP contribution >= 0.6 is 24.0 Å². The molecule has 2 aromatic rings. The lowest BCUT2D eigenvalue weighted by Gasteiger charge is -2.23. The summed E-state index contributed by atoms with van der Waals surface area (Å²) in [5.41, 5.74) is 0.587. The number of likely N-dealkylation sites (N-methyl/N-ethyl adjacent to an activating group) is 1. The van der Waals surface area contributed by atoms with E-state index in [-0.39, 0.29) is 43.0 Å². The Kier molecular flexibility index (Phi) is 10.8. The van der Waals surface area contributed by atoms with Crippen LogP contribution in [0.5, 0.6) is 5.75 Å². The van der Waals surface area contributed by atoms with Crippen LogP contribution in [0.1, 0.15) is 25.0 Å². The normalized spacial score (nSPS) is 13.0. The summed E-state index contributed by atoms with van der Waals surface area (Å²) in [7, 11) is 5.20. The highest BCUT2D eigenvalue weighted by atomic mass is 127. The van der Waals surface area contributed by atoms with E-state index in [1.807, 2.05) is 38.2 Å². The minimum Gasteiger partial charge on any atom is -0.484 e. The largest absolute Gasteiger partial charge is 0.484 e. The van der Waals surface area contributed by atoms with Gasteiger partial charge in [0.25, 0.3) is 5.91 Å². The summed E-state index contributed by atoms with van der Waals surface area (Å²) >= 11 is 0. The number of rotatable bonds is 9. The summed E-state index contributed by atoms with van der Waals surface area (Å²) in [6.07, 6.45) is 3.44. The summed E-state index contributed by atoms with van der Waals surface area (Å²) in [6, 6.07) is 7.49. The zero-order chi connectivity index (χ0) is 22.1. The van der Waals surface area contributed by atoms with E-state index in [0.29, 0.717) is 24.8 Å². The highest BCUT2D eigenvalue weighted by molar-refractivity contribution is 14.0. The summed E-state index contributed by atoms with van der Waals surface area (Å²) in [6.45, 7) is 5.09. The second kappa shape index (κ2) is 12.5. The minimum absolute atomic E-state index is 0. The molecule has 10 heteroatoms. The van der Waals surface area contributed by atoms with Crippen LogP contribution in [0.2, 0.25) is 0 Å². The number of benzene rings is 1. The maximum atomic E-state index is 11.7. The Bertz CT molecular complexity index is 866. The maximum Gasteiger partial charge on any atom is 0.259 e. The van der Waals surface area contributed by atoms with Crippen LogP contribution in [0.15, 0.2) is 41.7 Å². The van der Waals surface area contributed by atoms with Crippen LogP contribution in [0.25, 0.3) is 0 Å². The molecule has 2 rings (SSSR count). The zero-order valence-electron chi connectivity index (χ0n) is 18.8. The Hall–Kier alpha value is -2.34. The average molecular weight is 544 g/mol. The molecule has 1 heterocycles. The van der Waals surface area contributed by atoms with Crippen molar-refractivity contribution in [2.24, 2.45) is 12.0 Å². The minimum atomic E-state index is -1.09. The second-order valence-electron chi connectivity index (χ2n) is 7.45. The van der Waals surface area contributed by atoms with E-state index in [0.717, 1.165) is 11.1 Å². The van der Waals surface area contributed by atoms with Crippen LogP contribution in [-0.4, -0.2) is 65.4 Å². The number of guanidine groups is 1. The van der Waals surface area contributed by atoms with Crippen LogP contribution in [0.3, 0.4) is 0 Å². The molecule has 0 saturated carbocycles. The lowest BCUT2D eigenvalue weighted by molar-refractivity contribution is -0.130. The van der Waals surface area contributed by atoms with Crippen LogP contribution in [0, 0.1) is 0 Å². The van der Waals surface area contributed by atoms with Gasteiger partial charge < -0.3 is 25.4 Å².